The summed E-state index contributed by atoms with van der Waals surface area (Å²) in [6.07, 6.45) is 1.86. The predicted molar refractivity (Wildman–Crippen MR) is 70.2 cm³/mol. The fraction of sp³-hybridized carbons (Fsp3) is 0.571. The third kappa shape index (κ3) is 3.96. The average molecular weight is 255 g/mol. The average Bonchev–Trinajstić information content (AvgIpc) is 2.37. The van der Waals surface area contributed by atoms with Gasteiger partial charge in [0.1, 0.15) is 0 Å². The van der Waals surface area contributed by atoms with E-state index in [1.165, 1.54) is 13.2 Å². The van der Waals surface area contributed by atoms with Gasteiger partial charge in [-0.25, -0.2) is 4.39 Å². The van der Waals surface area contributed by atoms with Crippen LogP contribution >= 0.6 is 0 Å². The zero-order valence-electron chi connectivity index (χ0n) is 11.3. The van der Waals surface area contributed by atoms with Crippen LogP contribution in [-0.4, -0.2) is 24.4 Å². The number of hydrogen-bond donors (Lipinski definition) is 2. The quantitative estimate of drug-likeness (QED) is 0.786. The summed E-state index contributed by atoms with van der Waals surface area (Å²) in [6.45, 7) is 4.64. The number of methoxy groups -OCH3 is 1. The lowest BCUT2D eigenvalue weighted by atomic mass is 9.97. The molecule has 1 aromatic carbocycles. The molecule has 0 fully saturated rings. The van der Waals surface area contributed by atoms with Gasteiger partial charge in [-0.1, -0.05) is 19.4 Å². The van der Waals surface area contributed by atoms with E-state index in [0.717, 1.165) is 18.4 Å². The summed E-state index contributed by atoms with van der Waals surface area (Å²) in [5.74, 6) is -0.116. The van der Waals surface area contributed by atoms with E-state index in [1.807, 2.05) is 13.0 Å². The molecule has 1 aromatic rings. The van der Waals surface area contributed by atoms with Gasteiger partial charge in [0.25, 0.3) is 0 Å². The molecule has 102 valence electrons. The maximum Gasteiger partial charge on any atom is 0.165 e. The minimum Gasteiger partial charge on any atom is -0.494 e. The van der Waals surface area contributed by atoms with E-state index in [2.05, 4.69) is 12.2 Å². The van der Waals surface area contributed by atoms with E-state index in [9.17, 15) is 9.50 Å². The summed E-state index contributed by atoms with van der Waals surface area (Å²) in [5.41, 5.74) is 0.523. The molecule has 0 radical (unpaired) electrons. The number of ether oxygens (including phenoxy) is 1. The van der Waals surface area contributed by atoms with E-state index in [4.69, 9.17) is 4.74 Å². The van der Waals surface area contributed by atoms with E-state index in [0.29, 0.717) is 6.54 Å². The second kappa shape index (κ2) is 6.71. The number of rotatable bonds is 7. The Morgan fingerprint density at radius 1 is 1.44 bits per heavy atom. The smallest absolute Gasteiger partial charge is 0.165 e. The molecule has 1 unspecified atom stereocenters. The molecule has 2 N–H and O–H groups in total. The normalized spacial score (nSPS) is 14.3. The van der Waals surface area contributed by atoms with Gasteiger partial charge in [-0.3, -0.25) is 0 Å². The van der Waals surface area contributed by atoms with E-state index in [-0.39, 0.29) is 23.7 Å². The fourth-order valence-electron chi connectivity index (χ4n) is 1.91. The van der Waals surface area contributed by atoms with Gasteiger partial charge in [-0.2, -0.15) is 0 Å². The van der Waals surface area contributed by atoms with Crippen LogP contribution in [0.2, 0.25) is 0 Å². The standard InChI is InChI=1S/C14H22FNO2/c1-4-7-14(2,10-17)16-9-11-5-6-13(18-3)12(15)8-11/h5-6,8,16-17H,4,7,9-10H2,1-3H3. The van der Waals surface area contributed by atoms with E-state index in [1.54, 1.807) is 6.07 Å². The minimum absolute atomic E-state index is 0.0689. The Balaban J connectivity index is 2.65. The molecule has 0 saturated heterocycles. The van der Waals surface area contributed by atoms with Crippen LogP contribution in [-0.2, 0) is 6.54 Å². The molecule has 0 saturated carbocycles. The molecule has 1 rings (SSSR count). The molecule has 0 aromatic heterocycles. The van der Waals surface area contributed by atoms with Crippen LogP contribution in [0, 0.1) is 5.82 Å². The highest BCUT2D eigenvalue weighted by molar-refractivity contribution is 5.29. The van der Waals surface area contributed by atoms with Crippen molar-refractivity contribution < 1.29 is 14.2 Å². The first kappa shape index (κ1) is 14.9. The molecule has 0 amide bonds. The Labute approximate surface area is 108 Å². The number of aliphatic hydroxyl groups is 1. The lowest BCUT2D eigenvalue weighted by molar-refractivity contribution is 0.163. The van der Waals surface area contributed by atoms with Crippen LogP contribution in [0.15, 0.2) is 18.2 Å². The highest BCUT2D eigenvalue weighted by Crippen LogP contribution is 2.18. The molecule has 4 heteroatoms. The Morgan fingerprint density at radius 3 is 2.67 bits per heavy atom. The van der Waals surface area contributed by atoms with Gasteiger partial charge in [0.05, 0.1) is 13.7 Å². The first-order valence-electron chi connectivity index (χ1n) is 6.23. The summed E-state index contributed by atoms with van der Waals surface area (Å²) >= 11 is 0. The van der Waals surface area contributed by atoms with Crippen molar-refractivity contribution in [2.75, 3.05) is 13.7 Å². The Kier molecular flexibility index (Phi) is 5.56. The first-order valence-corrected chi connectivity index (χ1v) is 6.23. The molecule has 0 aliphatic rings. The van der Waals surface area contributed by atoms with Gasteiger partial charge in [-0.05, 0) is 31.0 Å². The monoisotopic (exact) mass is 255 g/mol. The van der Waals surface area contributed by atoms with Gasteiger partial charge in [0.2, 0.25) is 0 Å². The Hall–Kier alpha value is -1.13. The second-order valence-electron chi connectivity index (χ2n) is 4.79. The van der Waals surface area contributed by atoms with Gasteiger partial charge in [0.15, 0.2) is 11.6 Å². The zero-order chi connectivity index (χ0) is 13.6. The molecule has 0 bridgehead atoms. The topological polar surface area (TPSA) is 41.5 Å². The summed E-state index contributed by atoms with van der Waals surface area (Å²) in [4.78, 5) is 0. The first-order chi connectivity index (χ1) is 8.54. The number of benzene rings is 1. The minimum atomic E-state index is -0.363. The summed E-state index contributed by atoms with van der Waals surface area (Å²) in [7, 11) is 1.44. The maximum absolute atomic E-state index is 13.5. The summed E-state index contributed by atoms with van der Waals surface area (Å²) < 4.78 is 18.4. The lowest BCUT2D eigenvalue weighted by Gasteiger charge is -2.28. The van der Waals surface area contributed by atoms with Crippen LogP contribution in [0.3, 0.4) is 0 Å². The number of nitrogens with one attached hydrogen (secondary N) is 1. The Bertz CT molecular complexity index is 384. The Morgan fingerprint density at radius 2 is 2.17 bits per heavy atom. The number of aliphatic hydroxyl groups excluding tert-OH is 1. The van der Waals surface area contributed by atoms with Crippen molar-refractivity contribution in [3.05, 3.63) is 29.6 Å². The molecule has 0 aliphatic heterocycles. The van der Waals surface area contributed by atoms with Crippen molar-refractivity contribution in [1.82, 2.24) is 5.32 Å². The molecular weight excluding hydrogens is 233 g/mol. The molecule has 0 heterocycles. The van der Waals surface area contributed by atoms with Crippen LogP contribution in [0.4, 0.5) is 4.39 Å². The third-order valence-corrected chi connectivity index (χ3v) is 3.09. The van der Waals surface area contributed by atoms with Crippen molar-refractivity contribution in [2.45, 2.75) is 38.8 Å². The van der Waals surface area contributed by atoms with E-state index >= 15 is 0 Å². The third-order valence-electron chi connectivity index (χ3n) is 3.09. The molecule has 0 aliphatic carbocycles. The number of hydrogen-bond acceptors (Lipinski definition) is 3. The SMILES string of the molecule is CCCC(C)(CO)NCc1ccc(OC)c(F)c1. The van der Waals surface area contributed by atoms with Crippen LogP contribution in [0.1, 0.15) is 32.3 Å². The van der Waals surface area contributed by atoms with Crippen molar-refractivity contribution >= 4 is 0 Å². The molecule has 1 atom stereocenters. The highest BCUT2D eigenvalue weighted by atomic mass is 19.1. The summed E-state index contributed by atoms with van der Waals surface area (Å²) in [6, 6.07) is 4.89. The predicted octanol–water partition coefficient (Wildman–Crippen LogP) is 2.48. The van der Waals surface area contributed by atoms with Gasteiger partial charge < -0.3 is 15.2 Å². The lowest BCUT2D eigenvalue weighted by Crippen LogP contribution is -2.45. The molecule has 18 heavy (non-hydrogen) atoms. The maximum atomic E-state index is 13.5. The van der Waals surface area contributed by atoms with Gasteiger partial charge in [-0.15, -0.1) is 0 Å². The van der Waals surface area contributed by atoms with Crippen molar-refractivity contribution in [1.29, 1.82) is 0 Å². The van der Waals surface area contributed by atoms with Crippen molar-refractivity contribution in [3.8, 4) is 5.75 Å². The largest absolute Gasteiger partial charge is 0.494 e. The summed E-state index contributed by atoms with van der Waals surface area (Å²) in [5, 5.41) is 12.6. The molecular formula is C14H22FNO2. The second-order valence-corrected chi connectivity index (χ2v) is 4.79. The van der Waals surface area contributed by atoms with Gasteiger partial charge in [0, 0.05) is 12.1 Å². The van der Waals surface area contributed by atoms with Crippen LogP contribution < -0.4 is 10.1 Å². The zero-order valence-corrected chi connectivity index (χ0v) is 11.3. The van der Waals surface area contributed by atoms with Crippen molar-refractivity contribution in [2.24, 2.45) is 0 Å². The highest BCUT2D eigenvalue weighted by Gasteiger charge is 2.21. The van der Waals surface area contributed by atoms with E-state index < -0.39 is 0 Å². The van der Waals surface area contributed by atoms with Crippen molar-refractivity contribution in [3.63, 3.8) is 0 Å². The number of halogens is 1. The molecule has 0 spiro atoms. The van der Waals surface area contributed by atoms with Crippen LogP contribution in [0.5, 0.6) is 5.75 Å². The molecule has 3 nitrogen and oxygen atoms in total. The fourth-order valence-corrected chi connectivity index (χ4v) is 1.91. The van der Waals surface area contributed by atoms with Gasteiger partial charge >= 0.3 is 0 Å². The van der Waals surface area contributed by atoms with Crippen LogP contribution in [0.25, 0.3) is 0 Å².